The second kappa shape index (κ2) is 5.48. The van der Waals surface area contributed by atoms with Gasteiger partial charge in [0.1, 0.15) is 0 Å². The molecule has 2 aliphatic heterocycles. The minimum atomic E-state index is -0.0354. The molecular formula is C13H23NO3. The van der Waals surface area contributed by atoms with Crippen LogP contribution >= 0.6 is 0 Å². The summed E-state index contributed by atoms with van der Waals surface area (Å²) >= 11 is 0. The number of fused-ring (bicyclic) bond motifs is 1. The zero-order valence-corrected chi connectivity index (χ0v) is 10.7. The first kappa shape index (κ1) is 13.0. The molecule has 0 unspecified atom stereocenters. The van der Waals surface area contributed by atoms with Crippen molar-refractivity contribution >= 4 is 0 Å². The van der Waals surface area contributed by atoms with Gasteiger partial charge in [-0.3, -0.25) is 4.90 Å². The zero-order chi connectivity index (χ0) is 12.3. The van der Waals surface area contributed by atoms with Crippen molar-refractivity contribution in [3.63, 3.8) is 0 Å². The maximum atomic E-state index is 9.63. The van der Waals surface area contributed by atoms with Crippen LogP contribution in [-0.2, 0) is 9.47 Å². The fraction of sp³-hybridized carbons (Fsp3) is 0.846. The first-order valence-corrected chi connectivity index (χ1v) is 6.33. The van der Waals surface area contributed by atoms with Crippen LogP contribution in [-0.4, -0.2) is 61.7 Å². The van der Waals surface area contributed by atoms with Gasteiger partial charge in [0.05, 0.1) is 26.4 Å². The highest BCUT2D eigenvalue weighted by molar-refractivity contribution is 5.19. The van der Waals surface area contributed by atoms with Crippen molar-refractivity contribution in [1.29, 1.82) is 0 Å². The van der Waals surface area contributed by atoms with Crippen LogP contribution in [0.5, 0.6) is 0 Å². The third kappa shape index (κ3) is 2.55. The van der Waals surface area contributed by atoms with E-state index < -0.39 is 0 Å². The zero-order valence-electron chi connectivity index (χ0n) is 10.7. The summed E-state index contributed by atoms with van der Waals surface area (Å²) in [5, 5.41) is 9.63. The van der Waals surface area contributed by atoms with Crippen LogP contribution < -0.4 is 0 Å². The highest BCUT2D eigenvalue weighted by Crippen LogP contribution is 2.43. The van der Waals surface area contributed by atoms with Crippen molar-refractivity contribution in [2.24, 2.45) is 0 Å². The third-order valence-electron chi connectivity index (χ3n) is 4.00. The van der Waals surface area contributed by atoms with E-state index in [9.17, 15) is 5.11 Å². The number of aliphatic hydroxyl groups excluding tert-OH is 1. The third-order valence-corrected chi connectivity index (χ3v) is 4.00. The number of rotatable bonds is 6. The number of hydrogen-bond acceptors (Lipinski definition) is 4. The van der Waals surface area contributed by atoms with E-state index in [4.69, 9.17) is 9.47 Å². The molecule has 0 bridgehead atoms. The van der Waals surface area contributed by atoms with E-state index in [1.807, 2.05) is 0 Å². The lowest BCUT2D eigenvalue weighted by atomic mass is 9.94. The summed E-state index contributed by atoms with van der Waals surface area (Å²) < 4.78 is 10.6. The van der Waals surface area contributed by atoms with Crippen LogP contribution in [0.4, 0.5) is 0 Å². The Labute approximate surface area is 103 Å². The maximum absolute atomic E-state index is 9.63. The molecule has 4 heteroatoms. The lowest BCUT2D eigenvalue weighted by Crippen LogP contribution is -2.46. The Kier molecular flexibility index (Phi) is 4.20. The molecule has 0 spiro atoms. The summed E-state index contributed by atoms with van der Waals surface area (Å²) in [7, 11) is 1.68. The van der Waals surface area contributed by atoms with Crippen molar-refractivity contribution in [1.82, 2.24) is 4.90 Å². The second-order valence-electron chi connectivity index (χ2n) is 5.20. The van der Waals surface area contributed by atoms with E-state index in [1.165, 1.54) is 5.57 Å². The molecule has 0 saturated carbocycles. The van der Waals surface area contributed by atoms with E-state index in [1.54, 1.807) is 7.11 Å². The van der Waals surface area contributed by atoms with Gasteiger partial charge in [-0.1, -0.05) is 12.2 Å². The summed E-state index contributed by atoms with van der Waals surface area (Å²) in [4.78, 5) is 2.39. The minimum absolute atomic E-state index is 0.0354. The van der Waals surface area contributed by atoms with Crippen LogP contribution in [0.1, 0.15) is 19.3 Å². The molecule has 2 saturated heterocycles. The molecule has 0 aromatic carbocycles. The van der Waals surface area contributed by atoms with Gasteiger partial charge in [-0.05, 0) is 19.3 Å². The number of ether oxygens (including phenoxy) is 2. The first-order valence-electron chi connectivity index (χ1n) is 6.33. The predicted octanol–water partition coefficient (Wildman–Crippen LogP) is 0.805. The number of methoxy groups -OCH3 is 1. The summed E-state index contributed by atoms with van der Waals surface area (Å²) in [5.74, 6) is 0. The molecular weight excluding hydrogens is 218 g/mol. The van der Waals surface area contributed by atoms with E-state index in [0.29, 0.717) is 19.3 Å². The van der Waals surface area contributed by atoms with Gasteiger partial charge in [-0.2, -0.15) is 0 Å². The van der Waals surface area contributed by atoms with Crippen LogP contribution in [0.2, 0.25) is 0 Å². The molecule has 0 aromatic heterocycles. The maximum Gasteiger partial charge on any atom is 0.0701 e. The van der Waals surface area contributed by atoms with Gasteiger partial charge in [-0.15, -0.1) is 0 Å². The minimum Gasteiger partial charge on any atom is -0.394 e. The quantitative estimate of drug-likeness (QED) is 0.552. The molecule has 0 radical (unpaired) electrons. The van der Waals surface area contributed by atoms with Gasteiger partial charge in [0.2, 0.25) is 0 Å². The smallest absolute Gasteiger partial charge is 0.0701 e. The predicted molar refractivity (Wildman–Crippen MR) is 66.0 cm³/mol. The van der Waals surface area contributed by atoms with E-state index >= 15 is 0 Å². The molecule has 1 N–H and O–H groups in total. The van der Waals surface area contributed by atoms with Gasteiger partial charge >= 0.3 is 0 Å². The van der Waals surface area contributed by atoms with Crippen molar-refractivity contribution in [3.05, 3.63) is 12.2 Å². The summed E-state index contributed by atoms with van der Waals surface area (Å²) in [6.45, 7) is 7.24. The fourth-order valence-corrected chi connectivity index (χ4v) is 3.13. The highest BCUT2D eigenvalue weighted by atomic mass is 16.5. The highest BCUT2D eigenvalue weighted by Gasteiger charge is 2.49. The van der Waals surface area contributed by atoms with Gasteiger partial charge in [0.25, 0.3) is 0 Å². The fourth-order valence-electron chi connectivity index (χ4n) is 3.13. The van der Waals surface area contributed by atoms with E-state index in [0.717, 1.165) is 32.4 Å². The van der Waals surface area contributed by atoms with E-state index in [2.05, 4.69) is 11.5 Å². The molecule has 0 aromatic rings. The Morgan fingerprint density at radius 2 is 2.35 bits per heavy atom. The van der Waals surface area contributed by atoms with Crippen LogP contribution in [0, 0.1) is 0 Å². The molecule has 4 nitrogen and oxygen atoms in total. The van der Waals surface area contributed by atoms with Crippen molar-refractivity contribution in [3.8, 4) is 0 Å². The van der Waals surface area contributed by atoms with Crippen LogP contribution in [0.3, 0.4) is 0 Å². The average Bonchev–Trinajstić information content (AvgIpc) is 2.81. The topological polar surface area (TPSA) is 41.9 Å². The monoisotopic (exact) mass is 241 g/mol. The number of hydrogen-bond donors (Lipinski definition) is 1. The Balaban J connectivity index is 1.87. The van der Waals surface area contributed by atoms with Crippen molar-refractivity contribution in [2.75, 3.05) is 40.1 Å². The van der Waals surface area contributed by atoms with Gasteiger partial charge in [-0.25, -0.2) is 0 Å². The Hall–Kier alpha value is -0.420. The summed E-state index contributed by atoms with van der Waals surface area (Å²) in [6, 6.07) is 0.429. The lowest BCUT2D eigenvalue weighted by Gasteiger charge is -2.32. The Morgan fingerprint density at radius 3 is 3.06 bits per heavy atom. The molecule has 2 aliphatic rings. The SMILES string of the molecule is C=C1CN2[C@H](COCCOC)CC[C@@]2(CO)C1. The van der Waals surface area contributed by atoms with Gasteiger partial charge < -0.3 is 14.6 Å². The largest absolute Gasteiger partial charge is 0.394 e. The number of nitrogens with zero attached hydrogens (tertiary/aromatic N) is 1. The molecule has 17 heavy (non-hydrogen) atoms. The standard InChI is InChI=1S/C13H23NO3/c1-11-7-13(10-15)4-3-12(14(13)8-11)9-17-6-5-16-2/h12,15H,1,3-10H2,2H3/t12-,13-/m0/s1. The summed E-state index contributed by atoms with van der Waals surface area (Å²) in [5.41, 5.74) is 1.20. The normalized spacial score (nSPS) is 33.3. The van der Waals surface area contributed by atoms with Gasteiger partial charge in [0.15, 0.2) is 0 Å². The first-order chi connectivity index (χ1) is 8.22. The van der Waals surface area contributed by atoms with E-state index in [-0.39, 0.29) is 12.1 Å². The van der Waals surface area contributed by atoms with Crippen LogP contribution in [0.25, 0.3) is 0 Å². The molecule has 2 atom stereocenters. The molecule has 2 fully saturated rings. The molecule has 98 valence electrons. The average molecular weight is 241 g/mol. The molecule has 0 amide bonds. The lowest BCUT2D eigenvalue weighted by molar-refractivity contribution is 0.0168. The Bertz CT molecular complexity index is 282. The Morgan fingerprint density at radius 1 is 1.53 bits per heavy atom. The molecule has 0 aliphatic carbocycles. The summed E-state index contributed by atoms with van der Waals surface area (Å²) in [6.07, 6.45) is 3.11. The number of aliphatic hydroxyl groups is 1. The van der Waals surface area contributed by atoms with Crippen molar-refractivity contribution < 1.29 is 14.6 Å². The van der Waals surface area contributed by atoms with Crippen molar-refractivity contribution in [2.45, 2.75) is 30.8 Å². The van der Waals surface area contributed by atoms with Gasteiger partial charge in [0, 0.05) is 25.2 Å². The molecule has 2 rings (SSSR count). The van der Waals surface area contributed by atoms with Crippen LogP contribution in [0.15, 0.2) is 12.2 Å². The second-order valence-corrected chi connectivity index (χ2v) is 5.20. The molecule has 2 heterocycles.